The molecule has 0 spiro atoms. The molecule has 0 aliphatic heterocycles. The SMILES string of the molecule is COc1ccc(CNc2nc(-n3cccn3)nc3sc(C(F)(F)F)cc23)cc1OC. The van der Waals surface area contributed by atoms with Gasteiger partial charge in [-0.3, -0.25) is 0 Å². The second-order valence-corrected chi connectivity index (χ2v) is 7.22. The molecular weight excluding hydrogens is 419 g/mol. The molecule has 0 saturated heterocycles. The van der Waals surface area contributed by atoms with Gasteiger partial charge >= 0.3 is 6.18 Å². The molecule has 7 nitrogen and oxygen atoms in total. The molecule has 1 aromatic carbocycles. The van der Waals surface area contributed by atoms with Crippen LogP contribution in [0.3, 0.4) is 0 Å². The van der Waals surface area contributed by atoms with E-state index in [0.29, 0.717) is 34.8 Å². The van der Waals surface area contributed by atoms with Crippen LogP contribution >= 0.6 is 11.3 Å². The van der Waals surface area contributed by atoms with Crippen LogP contribution in [0.4, 0.5) is 19.0 Å². The average Bonchev–Trinajstić information content (AvgIpc) is 3.41. The second kappa shape index (κ2) is 7.82. The number of hydrogen-bond acceptors (Lipinski definition) is 7. The van der Waals surface area contributed by atoms with Gasteiger partial charge in [0.1, 0.15) is 15.5 Å². The maximum atomic E-state index is 13.2. The summed E-state index contributed by atoms with van der Waals surface area (Å²) in [6.45, 7) is 0.308. The van der Waals surface area contributed by atoms with E-state index in [0.717, 1.165) is 11.6 Å². The van der Waals surface area contributed by atoms with Gasteiger partial charge in [-0.05, 0) is 29.8 Å². The molecular formula is C19H16F3N5O2S. The van der Waals surface area contributed by atoms with Crippen LogP contribution in [0.5, 0.6) is 11.5 Å². The van der Waals surface area contributed by atoms with E-state index in [9.17, 15) is 13.2 Å². The van der Waals surface area contributed by atoms with Crippen LogP contribution < -0.4 is 14.8 Å². The Morgan fingerprint density at radius 3 is 2.57 bits per heavy atom. The van der Waals surface area contributed by atoms with Crippen LogP contribution in [0.1, 0.15) is 10.4 Å². The Labute approximate surface area is 173 Å². The molecule has 1 N–H and O–H groups in total. The van der Waals surface area contributed by atoms with Crippen molar-refractivity contribution in [1.82, 2.24) is 19.7 Å². The summed E-state index contributed by atoms with van der Waals surface area (Å²) in [6, 6.07) is 8.11. The number of rotatable bonds is 6. The molecule has 0 aliphatic carbocycles. The van der Waals surface area contributed by atoms with Crippen molar-refractivity contribution < 1.29 is 22.6 Å². The van der Waals surface area contributed by atoms with Gasteiger partial charge in [0.2, 0.25) is 0 Å². The molecule has 0 unspecified atom stereocenters. The molecule has 30 heavy (non-hydrogen) atoms. The van der Waals surface area contributed by atoms with E-state index in [4.69, 9.17) is 9.47 Å². The summed E-state index contributed by atoms with van der Waals surface area (Å²) in [6.07, 6.45) is -1.30. The fraction of sp³-hybridized carbons (Fsp3) is 0.211. The van der Waals surface area contributed by atoms with Gasteiger partial charge in [-0.2, -0.15) is 28.2 Å². The van der Waals surface area contributed by atoms with Crippen LogP contribution in [-0.4, -0.2) is 34.0 Å². The fourth-order valence-corrected chi connectivity index (χ4v) is 3.74. The summed E-state index contributed by atoms with van der Waals surface area (Å²) in [5, 5.41) is 7.47. The summed E-state index contributed by atoms with van der Waals surface area (Å²) in [4.78, 5) is 8.12. The topological polar surface area (TPSA) is 74.1 Å². The number of alkyl halides is 3. The normalized spacial score (nSPS) is 11.6. The molecule has 0 fully saturated rings. The molecule has 4 rings (SSSR count). The Kier molecular flexibility index (Phi) is 5.20. The zero-order valence-corrected chi connectivity index (χ0v) is 16.7. The Balaban J connectivity index is 1.72. The molecule has 0 saturated carbocycles. The lowest BCUT2D eigenvalue weighted by atomic mass is 10.2. The third-order valence-corrected chi connectivity index (χ3v) is 5.35. The number of benzene rings is 1. The first kappa shape index (κ1) is 20.0. The van der Waals surface area contributed by atoms with Gasteiger partial charge in [0, 0.05) is 18.9 Å². The first-order chi connectivity index (χ1) is 14.4. The molecule has 0 amide bonds. The van der Waals surface area contributed by atoms with Crippen LogP contribution in [0.15, 0.2) is 42.7 Å². The van der Waals surface area contributed by atoms with Gasteiger partial charge in [0.25, 0.3) is 5.95 Å². The van der Waals surface area contributed by atoms with Crippen molar-refractivity contribution in [3.05, 3.63) is 53.2 Å². The van der Waals surface area contributed by atoms with Crippen LogP contribution in [0.2, 0.25) is 0 Å². The number of hydrogen-bond donors (Lipinski definition) is 1. The van der Waals surface area contributed by atoms with Gasteiger partial charge in [-0.25, -0.2) is 4.68 Å². The van der Waals surface area contributed by atoms with E-state index >= 15 is 0 Å². The first-order valence-electron chi connectivity index (χ1n) is 8.72. The Hall–Kier alpha value is -3.34. The van der Waals surface area contributed by atoms with Crippen molar-refractivity contribution in [2.75, 3.05) is 19.5 Å². The Morgan fingerprint density at radius 1 is 1.10 bits per heavy atom. The lowest BCUT2D eigenvalue weighted by Gasteiger charge is -2.12. The molecule has 4 aromatic rings. The summed E-state index contributed by atoms with van der Waals surface area (Å²) in [7, 11) is 3.07. The summed E-state index contributed by atoms with van der Waals surface area (Å²) < 4.78 is 51.6. The molecule has 0 bridgehead atoms. The van der Waals surface area contributed by atoms with Gasteiger partial charge in [0.15, 0.2) is 11.5 Å². The number of methoxy groups -OCH3 is 2. The number of nitrogens with one attached hydrogen (secondary N) is 1. The Morgan fingerprint density at radius 2 is 1.90 bits per heavy atom. The molecule has 0 radical (unpaired) electrons. The van der Waals surface area contributed by atoms with E-state index in [1.54, 1.807) is 37.7 Å². The van der Waals surface area contributed by atoms with Gasteiger partial charge in [-0.15, -0.1) is 11.3 Å². The minimum atomic E-state index is -4.46. The second-order valence-electron chi connectivity index (χ2n) is 6.19. The molecule has 11 heteroatoms. The lowest BCUT2D eigenvalue weighted by molar-refractivity contribution is -0.134. The molecule has 156 valence electrons. The third kappa shape index (κ3) is 3.88. The van der Waals surface area contributed by atoms with Crippen molar-refractivity contribution >= 4 is 27.4 Å². The maximum absolute atomic E-state index is 13.2. The molecule has 0 aliphatic rings. The largest absolute Gasteiger partial charge is 0.493 e. The summed E-state index contributed by atoms with van der Waals surface area (Å²) in [5.41, 5.74) is 0.839. The van der Waals surface area contributed by atoms with Crippen molar-refractivity contribution in [1.29, 1.82) is 0 Å². The first-order valence-corrected chi connectivity index (χ1v) is 9.54. The highest BCUT2D eigenvalue weighted by Gasteiger charge is 2.33. The molecule has 0 atom stereocenters. The van der Waals surface area contributed by atoms with E-state index in [1.165, 1.54) is 11.8 Å². The number of nitrogens with zero attached hydrogens (tertiary/aromatic N) is 4. The number of fused-ring (bicyclic) bond motifs is 1. The highest BCUT2D eigenvalue weighted by Crippen LogP contribution is 2.39. The van der Waals surface area contributed by atoms with Gasteiger partial charge < -0.3 is 14.8 Å². The van der Waals surface area contributed by atoms with Crippen molar-refractivity contribution in [2.24, 2.45) is 0 Å². The third-order valence-electron chi connectivity index (χ3n) is 4.28. The lowest BCUT2D eigenvalue weighted by Crippen LogP contribution is -2.07. The highest BCUT2D eigenvalue weighted by molar-refractivity contribution is 7.18. The predicted molar refractivity (Wildman–Crippen MR) is 106 cm³/mol. The van der Waals surface area contributed by atoms with Gasteiger partial charge in [-0.1, -0.05) is 6.07 Å². The van der Waals surface area contributed by atoms with E-state index in [2.05, 4.69) is 20.4 Å². The zero-order chi connectivity index (χ0) is 21.3. The van der Waals surface area contributed by atoms with Crippen LogP contribution in [0, 0.1) is 0 Å². The number of halogens is 3. The van der Waals surface area contributed by atoms with Crippen molar-refractivity contribution in [3.8, 4) is 17.4 Å². The minimum Gasteiger partial charge on any atom is -0.493 e. The number of thiophene rings is 1. The van der Waals surface area contributed by atoms with E-state index in [1.807, 2.05) is 6.07 Å². The Bertz CT molecular complexity index is 1180. The maximum Gasteiger partial charge on any atom is 0.425 e. The van der Waals surface area contributed by atoms with Crippen molar-refractivity contribution in [2.45, 2.75) is 12.7 Å². The average molecular weight is 435 g/mol. The smallest absolute Gasteiger partial charge is 0.425 e. The van der Waals surface area contributed by atoms with Gasteiger partial charge in [0.05, 0.1) is 19.6 Å². The minimum absolute atomic E-state index is 0.179. The van der Waals surface area contributed by atoms with E-state index < -0.39 is 11.1 Å². The molecule has 3 heterocycles. The summed E-state index contributed by atoms with van der Waals surface area (Å²) >= 11 is 0.569. The number of aromatic nitrogens is 4. The summed E-state index contributed by atoms with van der Waals surface area (Å²) in [5.74, 6) is 1.60. The number of ether oxygens (including phenoxy) is 2. The fourth-order valence-electron chi connectivity index (χ4n) is 2.85. The van der Waals surface area contributed by atoms with E-state index in [-0.39, 0.29) is 16.6 Å². The van der Waals surface area contributed by atoms with Crippen molar-refractivity contribution in [3.63, 3.8) is 0 Å². The van der Waals surface area contributed by atoms with Crippen LogP contribution in [0.25, 0.3) is 16.2 Å². The quantitative estimate of drug-likeness (QED) is 0.480. The standard InChI is InChI=1S/C19H16F3N5O2S/c1-28-13-5-4-11(8-14(13)29-2)10-23-16-12-9-15(19(20,21)22)30-17(12)26-18(25-16)27-7-3-6-24-27/h3-9H,10H2,1-2H3,(H,23,25,26). The molecule has 3 aromatic heterocycles. The zero-order valence-electron chi connectivity index (χ0n) is 15.9. The monoisotopic (exact) mass is 435 g/mol. The van der Waals surface area contributed by atoms with Crippen LogP contribution in [-0.2, 0) is 12.7 Å². The highest BCUT2D eigenvalue weighted by atomic mass is 32.1. The number of anilines is 1. The predicted octanol–water partition coefficient (Wildman–Crippen LogP) is 4.53.